The molecule has 1 aliphatic carbocycles. The third-order valence-corrected chi connectivity index (χ3v) is 6.08. The standard InChI is InChI=1S/C25H28N4O2/c1-15-4-5-19(25(30)27-21-7-8-21)11-23(15)18-6-9-22-20(10-18)12-26-28-24(22)29-13-16(2)31-17(3)14-29/h4-6,9-12,16-17,21H,7-8,13-14H2,1-3H3,(H,27,30)/t16-,17+. The Morgan fingerprint density at radius 2 is 1.87 bits per heavy atom. The zero-order chi connectivity index (χ0) is 21.5. The number of carbonyl (C=O) groups excluding carboxylic acids is 1. The summed E-state index contributed by atoms with van der Waals surface area (Å²) < 4.78 is 5.88. The Morgan fingerprint density at radius 1 is 1.10 bits per heavy atom. The average molecular weight is 417 g/mol. The first-order chi connectivity index (χ1) is 15.0. The van der Waals surface area contributed by atoms with Gasteiger partial charge in [-0.2, -0.15) is 5.10 Å². The molecule has 6 heteroatoms. The summed E-state index contributed by atoms with van der Waals surface area (Å²) in [7, 11) is 0. The molecule has 3 aromatic rings. The fourth-order valence-corrected chi connectivity index (χ4v) is 4.40. The molecular formula is C25H28N4O2. The quantitative estimate of drug-likeness (QED) is 0.693. The van der Waals surface area contributed by atoms with Gasteiger partial charge in [0.15, 0.2) is 5.82 Å². The van der Waals surface area contributed by atoms with Gasteiger partial charge in [-0.3, -0.25) is 4.79 Å². The third-order valence-electron chi connectivity index (χ3n) is 6.08. The van der Waals surface area contributed by atoms with E-state index in [1.807, 2.05) is 24.4 Å². The topological polar surface area (TPSA) is 67.4 Å². The van der Waals surface area contributed by atoms with Crippen molar-refractivity contribution in [3.05, 3.63) is 53.7 Å². The van der Waals surface area contributed by atoms with Crippen molar-refractivity contribution in [2.75, 3.05) is 18.0 Å². The number of nitrogens with zero attached hydrogens (tertiary/aromatic N) is 3. The summed E-state index contributed by atoms with van der Waals surface area (Å²) in [5.74, 6) is 0.911. The molecule has 2 aromatic carbocycles. The van der Waals surface area contributed by atoms with E-state index < -0.39 is 0 Å². The number of fused-ring (bicyclic) bond motifs is 1. The van der Waals surface area contributed by atoms with E-state index in [9.17, 15) is 4.79 Å². The van der Waals surface area contributed by atoms with Crippen LogP contribution in [0.5, 0.6) is 0 Å². The number of rotatable bonds is 4. The first-order valence-corrected chi connectivity index (χ1v) is 11.1. The summed E-state index contributed by atoms with van der Waals surface area (Å²) in [5.41, 5.74) is 3.99. The molecule has 0 radical (unpaired) electrons. The number of aromatic nitrogens is 2. The first kappa shape index (κ1) is 19.9. The lowest BCUT2D eigenvalue weighted by Gasteiger charge is -2.36. The van der Waals surface area contributed by atoms with Crippen LogP contribution >= 0.6 is 0 Å². The molecular weight excluding hydrogens is 388 g/mol. The third kappa shape index (κ3) is 4.12. The number of ether oxygens (including phenoxy) is 1. The molecule has 1 saturated heterocycles. The van der Waals surface area contributed by atoms with Crippen LogP contribution in [0.25, 0.3) is 21.9 Å². The van der Waals surface area contributed by atoms with Crippen LogP contribution in [0.15, 0.2) is 42.6 Å². The van der Waals surface area contributed by atoms with Crippen LogP contribution in [-0.2, 0) is 4.74 Å². The van der Waals surface area contributed by atoms with Gasteiger partial charge in [-0.25, -0.2) is 0 Å². The lowest BCUT2D eigenvalue weighted by Crippen LogP contribution is -2.46. The largest absolute Gasteiger partial charge is 0.372 e. The zero-order valence-corrected chi connectivity index (χ0v) is 18.3. The first-order valence-electron chi connectivity index (χ1n) is 11.1. The van der Waals surface area contributed by atoms with E-state index in [1.165, 1.54) is 0 Å². The van der Waals surface area contributed by atoms with Crippen LogP contribution in [0.3, 0.4) is 0 Å². The zero-order valence-electron chi connectivity index (χ0n) is 18.3. The molecule has 0 unspecified atom stereocenters. The molecule has 1 aromatic heterocycles. The van der Waals surface area contributed by atoms with Crippen molar-refractivity contribution in [1.29, 1.82) is 0 Å². The van der Waals surface area contributed by atoms with Crippen molar-refractivity contribution in [2.45, 2.75) is 51.9 Å². The minimum Gasteiger partial charge on any atom is -0.372 e. The molecule has 1 saturated carbocycles. The minimum atomic E-state index is 0.00764. The lowest BCUT2D eigenvalue weighted by atomic mass is 9.96. The van der Waals surface area contributed by atoms with Gasteiger partial charge in [-0.1, -0.05) is 12.1 Å². The molecule has 0 bridgehead atoms. The number of aryl methyl sites for hydroxylation is 1. The van der Waals surface area contributed by atoms with E-state index in [4.69, 9.17) is 4.74 Å². The molecule has 1 aliphatic heterocycles. The van der Waals surface area contributed by atoms with Crippen molar-refractivity contribution < 1.29 is 9.53 Å². The highest BCUT2D eigenvalue weighted by Crippen LogP contribution is 2.32. The summed E-state index contributed by atoms with van der Waals surface area (Å²) in [6, 6.07) is 12.7. The summed E-state index contributed by atoms with van der Waals surface area (Å²) in [5, 5.41) is 13.9. The van der Waals surface area contributed by atoms with E-state index in [-0.39, 0.29) is 18.1 Å². The molecule has 6 nitrogen and oxygen atoms in total. The van der Waals surface area contributed by atoms with Gasteiger partial charge in [-0.05, 0) is 74.6 Å². The molecule has 31 heavy (non-hydrogen) atoms. The van der Waals surface area contributed by atoms with Gasteiger partial charge in [0.2, 0.25) is 0 Å². The number of nitrogens with one attached hydrogen (secondary N) is 1. The second kappa shape index (κ2) is 7.93. The van der Waals surface area contributed by atoms with Gasteiger partial charge >= 0.3 is 0 Å². The van der Waals surface area contributed by atoms with Crippen LogP contribution in [0.2, 0.25) is 0 Å². The highest BCUT2D eigenvalue weighted by Gasteiger charge is 2.25. The number of amides is 1. The van der Waals surface area contributed by atoms with E-state index >= 15 is 0 Å². The van der Waals surface area contributed by atoms with Gasteiger partial charge in [0.05, 0.1) is 18.4 Å². The fourth-order valence-electron chi connectivity index (χ4n) is 4.40. The van der Waals surface area contributed by atoms with Crippen LogP contribution in [-0.4, -0.2) is 47.4 Å². The predicted octanol–water partition coefficient (Wildman–Crippen LogP) is 4.11. The Kier molecular flexibility index (Phi) is 5.10. The Bertz CT molecular complexity index is 1130. The molecule has 1 N–H and O–H groups in total. The number of morpholine rings is 1. The lowest BCUT2D eigenvalue weighted by molar-refractivity contribution is -0.00541. The summed E-state index contributed by atoms with van der Waals surface area (Å²) in [6.45, 7) is 7.87. The van der Waals surface area contributed by atoms with Crippen molar-refractivity contribution in [2.24, 2.45) is 0 Å². The van der Waals surface area contributed by atoms with Crippen LogP contribution in [0.4, 0.5) is 5.82 Å². The van der Waals surface area contributed by atoms with Crippen molar-refractivity contribution in [3.8, 4) is 11.1 Å². The fraction of sp³-hybridized carbons (Fsp3) is 0.400. The Hall–Kier alpha value is -2.99. The molecule has 1 amide bonds. The SMILES string of the molecule is Cc1ccc(C(=O)NC2CC2)cc1-c1ccc2c(N3C[C@@H](C)O[C@@H](C)C3)nncc2c1. The minimum absolute atomic E-state index is 0.00764. The maximum atomic E-state index is 12.5. The average Bonchev–Trinajstić information content (AvgIpc) is 3.56. The Labute approximate surface area is 182 Å². The Morgan fingerprint density at radius 3 is 2.61 bits per heavy atom. The summed E-state index contributed by atoms with van der Waals surface area (Å²) >= 11 is 0. The molecule has 0 spiro atoms. The second-order valence-corrected chi connectivity index (χ2v) is 8.91. The van der Waals surface area contributed by atoms with Gasteiger partial charge in [0, 0.05) is 35.5 Å². The highest BCUT2D eigenvalue weighted by molar-refractivity contribution is 5.98. The second-order valence-electron chi connectivity index (χ2n) is 8.91. The van der Waals surface area contributed by atoms with Crippen molar-refractivity contribution >= 4 is 22.5 Å². The normalized spacial score (nSPS) is 21.3. The van der Waals surface area contributed by atoms with E-state index in [2.05, 4.69) is 59.4 Å². The van der Waals surface area contributed by atoms with E-state index in [0.717, 1.165) is 59.2 Å². The molecule has 2 aliphatic rings. The number of anilines is 1. The van der Waals surface area contributed by atoms with Gasteiger partial charge < -0.3 is 15.0 Å². The molecule has 160 valence electrons. The Balaban J connectivity index is 1.50. The maximum absolute atomic E-state index is 12.5. The van der Waals surface area contributed by atoms with Crippen molar-refractivity contribution in [3.63, 3.8) is 0 Å². The number of carbonyl (C=O) groups is 1. The van der Waals surface area contributed by atoms with Gasteiger partial charge in [-0.15, -0.1) is 5.10 Å². The van der Waals surface area contributed by atoms with Crippen molar-refractivity contribution in [1.82, 2.24) is 15.5 Å². The van der Waals surface area contributed by atoms with Crippen LogP contribution < -0.4 is 10.2 Å². The monoisotopic (exact) mass is 416 g/mol. The summed E-state index contributed by atoms with van der Waals surface area (Å²) in [6.07, 6.45) is 4.30. The smallest absolute Gasteiger partial charge is 0.251 e. The van der Waals surface area contributed by atoms with E-state index in [1.54, 1.807) is 0 Å². The predicted molar refractivity (Wildman–Crippen MR) is 122 cm³/mol. The van der Waals surface area contributed by atoms with Gasteiger partial charge in [0.25, 0.3) is 5.91 Å². The molecule has 2 fully saturated rings. The van der Waals surface area contributed by atoms with Crippen LogP contribution in [0.1, 0.15) is 42.6 Å². The van der Waals surface area contributed by atoms with E-state index in [0.29, 0.717) is 11.6 Å². The molecule has 2 heterocycles. The van der Waals surface area contributed by atoms with Gasteiger partial charge in [0.1, 0.15) is 0 Å². The highest BCUT2D eigenvalue weighted by atomic mass is 16.5. The number of benzene rings is 2. The number of hydrogen-bond acceptors (Lipinski definition) is 5. The maximum Gasteiger partial charge on any atom is 0.251 e. The summed E-state index contributed by atoms with van der Waals surface area (Å²) in [4.78, 5) is 14.8. The number of hydrogen-bond donors (Lipinski definition) is 1. The molecule has 5 rings (SSSR count). The van der Waals surface area contributed by atoms with Crippen LogP contribution in [0, 0.1) is 6.92 Å². The molecule has 2 atom stereocenters.